The standard InChI is InChI=1S/C20H18F3N/c1-19(2)11-10-15-7-9-17(24-18(15)13-19)8-6-14-4-3-5-16(12-14)20(21,22)23/h3-5,7,9,12H,10-11,13H2,1-2H3. The van der Waals surface area contributed by atoms with Crippen LogP contribution >= 0.6 is 0 Å². The van der Waals surface area contributed by atoms with Crippen LogP contribution in [0.15, 0.2) is 36.4 Å². The summed E-state index contributed by atoms with van der Waals surface area (Å²) in [5, 5.41) is 0. The van der Waals surface area contributed by atoms with Gasteiger partial charge in [0.15, 0.2) is 0 Å². The molecule has 1 aromatic heterocycles. The SMILES string of the molecule is CC1(C)CCc2ccc(C#Cc3cccc(C(F)(F)F)c3)nc2C1. The summed E-state index contributed by atoms with van der Waals surface area (Å²) in [7, 11) is 0. The first-order valence-electron chi connectivity index (χ1n) is 7.91. The van der Waals surface area contributed by atoms with E-state index in [2.05, 4.69) is 30.7 Å². The first kappa shape index (κ1) is 16.6. The third-order valence-corrected chi connectivity index (χ3v) is 4.31. The topological polar surface area (TPSA) is 12.9 Å². The summed E-state index contributed by atoms with van der Waals surface area (Å²) < 4.78 is 38.2. The summed E-state index contributed by atoms with van der Waals surface area (Å²) >= 11 is 0. The molecule has 0 N–H and O–H groups in total. The number of hydrogen-bond donors (Lipinski definition) is 0. The fraction of sp³-hybridized carbons (Fsp3) is 0.350. The normalized spacial score (nSPS) is 16.0. The van der Waals surface area contributed by atoms with Crippen molar-refractivity contribution in [3.8, 4) is 11.8 Å². The minimum absolute atomic E-state index is 0.229. The Kier molecular flexibility index (Phi) is 4.13. The zero-order valence-corrected chi connectivity index (χ0v) is 13.7. The van der Waals surface area contributed by atoms with E-state index in [-0.39, 0.29) is 5.41 Å². The Labute approximate surface area is 139 Å². The minimum Gasteiger partial charge on any atom is -0.244 e. The van der Waals surface area contributed by atoms with Gasteiger partial charge in [0.2, 0.25) is 0 Å². The van der Waals surface area contributed by atoms with Crippen molar-refractivity contribution >= 4 is 0 Å². The molecular formula is C20H18F3N. The van der Waals surface area contributed by atoms with E-state index in [1.54, 1.807) is 6.07 Å². The predicted octanol–water partition coefficient (Wildman–Crippen LogP) is 5.02. The van der Waals surface area contributed by atoms with E-state index in [1.165, 1.54) is 11.6 Å². The highest BCUT2D eigenvalue weighted by atomic mass is 19.4. The van der Waals surface area contributed by atoms with Gasteiger partial charge in [-0.2, -0.15) is 13.2 Å². The van der Waals surface area contributed by atoms with E-state index >= 15 is 0 Å². The molecule has 0 radical (unpaired) electrons. The second-order valence-corrected chi connectivity index (χ2v) is 6.97. The number of nitrogens with zero attached hydrogens (tertiary/aromatic N) is 1. The molecule has 0 atom stereocenters. The Morgan fingerprint density at radius 1 is 1.08 bits per heavy atom. The largest absolute Gasteiger partial charge is 0.416 e. The van der Waals surface area contributed by atoms with Crippen LogP contribution < -0.4 is 0 Å². The minimum atomic E-state index is -4.35. The maximum absolute atomic E-state index is 12.7. The second kappa shape index (κ2) is 5.98. The molecule has 2 aromatic rings. The van der Waals surface area contributed by atoms with Crippen molar-refractivity contribution in [2.45, 2.75) is 39.3 Å². The summed E-state index contributed by atoms with van der Waals surface area (Å²) in [4.78, 5) is 4.60. The van der Waals surface area contributed by atoms with Crippen molar-refractivity contribution in [1.82, 2.24) is 4.98 Å². The molecular weight excluding hydrogens is 311 g/mol. The number of hydrogen-bond acceptors (Lipinski definition) is 1. The molecule has 124 valence electrons. The Hall–Kier alpha value is -2.28. The van der Waals surface area contributed by atoms with E-state index in [9.17, 15) is 13.2 Å². The van der Waals surface area contributed by atoms with Gasteiger partial charge >= 0.3 is 6.18 Å². The van der Waals surface area contributed by atoms with Crippen molar-refractivity contribution in [1.29, 1.82) is 0 Å². The molecule has 0 bridgehead atoms. The average Bonchev–Trinajstić information content (AvgIpc) is 2.51. The summed E-state index contributed by atoms with van der Waals surface area (Å²) in [6.07, 6.45) is -1.30. The number of aromatic nitrogens is 1. The Bertz CT molecular complexity index is 823. The highest BCUT2D eigenvalue weighted by molar-refractivity contribution is 5.43. The van der Waals surface area contributed by atoms with Gasteiger partial charge in [0.25, 0.3) is 0 Å². The van der Waals surface area contributed by atoms with Crippen LogP contribution in [0.2, 0.25) is 0 Å². The number of benzene rings is 1. The molecule has 0 aliphatic heterocycles. The molecule has 1 nitrogen and oxygen atoms in total. The summed E-state index contributed by atoms with van der Waals surface area (Å²) in [6, 6.07) is 8.93. The molecule has 3 rings (SSSR count). The molecule has 0 unspecified atom stereocenters. The van der Waals surface area contributed by atoms with Crippen LogP contribution in [0.1, 0.15) is 48.3 Å². The lowest BCUT2D eigenvalue weighted by molar-refractivity contribution is -0.137. The molecule has 1 aliphatic carbocycles. The van der Waals surface area contributed by atoms with Crippen LogP contribution in [0, 0.1) is 17.3 Å². The van der Waals surface area contributed by atoms with E-state index in [4.69, 9.17) is 0 Å². The van der Waals surface area contributed by atoms with Crippen LogP contribution in [-0.4, -0.2) is 4.98 Å². The van der Waals surface area contributed by atoms with Gasteiger partial charge in [-0.3, -0.25) is 0 Å². The van der Waals surface area contributed by atoms with Gasteiger partial charge in [0.1, 0.15) is 5.69 Å². The number of alkyl halides is 3. The smallest absolute Gasteiger partial charge is 0.244 e. The summed E-state index contributed by atoms with van der Waals surface area (Å²) in [5.74, 6) is 5.68. The van der Waals surface area contributed by atoms with E-state index in [0.29, 0.717) is 11.3 Å². The van der Waals surface area contributed by atoms with Crippen molar-refractivity contribution in [2.75, 3.05) is 0 Å². The highest BCUT2D eigenvalue weighted by Gasteiger charge is 2.30. The molecule has 0 saturated heterocycles. The molecule has 1 aliphatic rings. The monoisotopic (exact) mass is 329 g/mol. The number of fused-ring (bicyclic) bond motifs is 1. The van der Waals surface area contributed by atoms with Gasteiger partial charge in [-0.1, -0.05) is 31.9 Å². The van der Waals surface area contributed by atoms with Crippen LogP contribution in [0.3, 0.4) is 0 Å². The summed E-state index contributed by atoms with van der Waals surface area (Å²) in [6.45, 7) is 4.44. The van der Waals surface area contributed by atoms with Crippen LogP contribution in [-0.2, 0) is 19.0 Å². The lowest BCUT2D eigenvalue weighted by Crippen LogP contribution is -2.23. The maximum Gasteiger partial charge on any atom is 0.416 e. The second-order valence-electron chi connectivity index (χ2n) is 6.97. The highest BCUT2D eigenvalue weighted by Crippen LogP contribution is 2.33. The average molecular weight is 329 g/mol. The van der Waals surface area contributed by atoms with Gasteiger partial charge in [-0.15, -0.1) is 0 Å². The Morgan fingerprint density at radius 3 is 2.62 bits per heavy atom. The van der Waals surface area contributed by atoms with Crippen LogP contribution in [0.25, 0.3) is 0 Å². The Morgan fingerprint density at radius 2 is 1.88 bits per heavy atom. The van der Waals surface area contributed by atoms with Gasteiger partial charge in [0.05, 0.1) is 5.56 Å². The molecule has 1 aromatic carbocycles. The van der Waals surface area contributed by atoms with Gasteiger partial charge in [0, 0.05) is 11.3 Å². The van der Waals surface area contributed by atoms with Crippen molar-refractivity contribution in [3.63, 3.8) is 0 Å². The number of halogens is 3. The van der Waals surface area contributed by atoms with Crippen molar-refractivity contribution in [2.24, 2.45) is 5.41 Å². The Balaban J connectivity index is 1.87. The van der Waals surface area contributed by atoms with Crippen LogP contribution in [0.5, 0.6) is 0 Å². The first-order chi connectivity index (χ1) is 11.2. The van der Waals surface area contributed by atoms with Crippen LogP contribution in [0.4, 0.5) is 13.2 Å². The quantitative estimate of drug-likeness (QED) is 0.619. The third kappa shape index (κ3) is 3.79. The van der Waals surface area contributed by atoms with Gasteiger partial charge in [-0.25, -0.2) is 4.98 Å². The zero-order chi connectivity index (χ0) is 17.4. The fourth-order valence-electron chi connectivity index (χ4n) is 2.90. The third-order valence-electron chi connectivity index (χ3n) is 4.31. The summed E-state index contributed by atoms with van der Waals surface area (Å²) in [5.41, 5.74) is 2.79. The lowest BCUT2D eigenvalue weighted by Gasteiger charge is -2.30. The fourth-order valence-corrected chi connectivity index (χ4v) is 2.90. The molecule has 0 saturated carbocycles. The number of aryl methyl sites for hydroxylation is 1. The molecule has 4 heteroatoms. The zero-order valence-electron chi connectivity index (χ0n) is 13.7. The molecule has 24 heavy (non-hydrogen) atoms. The van der Waals surface area contributed by atoms with Gasteiger partial charge < -0.3 is 0 Å². The number of pyridine rings is 1. The number of rotatable bonds is 0. The first-order valence-corrected chi connectivity index (χ1v) is 7.91. The molecule has 0 fully saturated rings. The maximum atomic E-state index is 12.7. The molecule has 1 heterocycles. The van der Waals surface area contributed by atoms with Gasteiger partial charge in [-0.05, 0) is 60.4 Å². The lowest BCUT2D eigenvalue weighted by atomic mass is 9.76. The van der Waals surface area contributed by atoms with Crippen molar-refractivity contribution in [3.05, 3.63) is 64.5 Å². The van der Waals surface area contributed by atoms with E-state index in [1.807, 2.05) is 12.1 Å². The van der Waals surface area contributed by atoms with Crippen molar-refractivity contribution < 1.29 is 13.2 Å². The van der Waals surface area contributed by atoms with E-state index in [0.717, 1.165) is 37.1 Å². The predicted molar refractivity (Wildman–Crippen MR) is 87.5 cm³/mol. The molecule has 0 amide bonds. The molecule has 0 spiro atoms. The van der Waals surface area contributed by atoms with E-state index < -0.39 is 11.7 Å².